The van der Waals surface area contributed by atoms with E-state index >= 15 is 0 Å². The molecule has 3 heterocycles. The van der Waals surface area contributed by atoms with E-state index in [1.54, 1.807) is 0 Å². The van der Waals surface area contributed by atoms with Crippen LogP contribution in [-0.4, -0.2) is 63.2 Å². The van der Waals surface area contributed by atoms with E-state index < -0.39 is 40.7 Å². The van der Waals surface area contributed by atoms with E-state index in [0.29, 0.717) is 19.4 Å². The van der Waals surface area contributed by atoms with Gasteiger partial charge in [0.05, 0.1) is 30.1 Å². The summed E-state index contributed by atoms with van der Waals surface area (Å²) in [7, 11) is 0. The van der Waals surface area contributed by atoms with Gasteiger partial charge in [-0.05, 0) is 57.6 Å². The molecule has 2 aromatic carbocycles. The molecule has 7 atom stereocenters. The molecule has 3 amide bonds. The average Bonchev–Trinajstić information content (AvgIpc) is 3.42. The fraction of sp³-hybridized carbons (Fsp3) is 0.531. The van der Waals surface area contributed by atoms with Gasteiger partial charge in [0.1, 0.15) is 11.6 Å². The highest BCUT2D eigenvalue weighted by molar-refractivity contribution is 5.99. The van der Waals surface area contributed by atoms with E-state index in [9.17, 15) is 19.5 Å². The zero-order chi connectivity index (χ0) is 28.9. The van der Waals surface area contributed by atoms with E-state index in [-0.39, 0.29) is 30.2 Å². The summed E-state index contributed by atoms with van der Waals surface area (Å²) in [6.07, 6.45) is 0.855. The molecule has 2 bridgehead atoms. The summed E-state index contributed by atoms with van der Waals surface area (Å²) in [6.45, 7) is 9.63. The van der Waals surface area contributed by atoms with E-state index in [1.807, 2.05) is 95.3 Å². The van der Waals surface area contributed by atoms with Crippen molar-refractivity contribution in [2.24, 2.45) is 17.8 Å². The average molecular weight is 548 g/mol. The van der Waals surface area contributed by atoms with Crippen LogP contribution in [0.5, 0.6) is 0 Å². The van der Waals surface area contributed by atoms with Gasteiger partial charge in [0.2, 0.25) is 17.7 Å². The number of ether oxygens (including phenoxy) is 1. The number of rotatable bonds is 8. The lowest BCUT2D eigenvalue weighted by molar-refractivity contribution is -0.151. The lowest BCUT2D eigenvalue weighted by atomic mass is 9.62. The van der Waals surface area contributed by atoms with Gasteiger partial charge in [-0.25, -0.2) is 0 Å². The van der Waals surface area contributed by atoms with Gasteiger partial charge in [0.25, 0.3) is 0 Å². The topological polar surface area (TPSA) is 108 Å². The SMILES string of the molecule is CC1CC23O[C@@]1(C)[C@H](C(=O)NCc1ccccc1)[C@H]2C(=O)N([C@@H](CO)Cc1ccccc1)C3C(=O)NC(C)(C)C. The Hall–Kier alpha value is -3.23. The Morgan fingerprint density at radius 2 is 1.65 bits per heavy atom. The quantitative estimate of drug-likeness (QED) is 0.471. The van der Waals surface area contributed by atoms with Crippen LogP contribution in [0.2, 0.25) is 0 Å². The van der Waals surface area contributed by atoms with Crippen molar-refractivity contribution in [1.82, 2.24) is 15.5 Å². The maximum absolute atomic E-state index is 14.5. The lowest BCUT2D eigenvalue weighted by Gasteiger charge is -2.38. The van der Waals surface area contributed by atoms with Crippen LogP contribution in [0, 0.1) is 17.8 Å². The highest BCUT2D eigenvalue weighted by Gasteiger charge is 2.80. The molecule has 3 aliphatic heterocycles. The number of benzene rings is 2. The summed E-state index contributed by atoms with van der Waals surface area (Å²) >= 11 is 0. The predicted octanol–water partition coefficient (Wildman–Crippen LogP) is 2.83. The number of amides is 3. The van der Waals surface area contributed by atoms with Crippen LogP contribution >= 0.6 is 0 Å². The standard InChI is InChI=1S/C32H41N3O5/c1-20-17-32-25(24(31(20,5)40-32)27(37)33-18-22-14-10-7-11-15-22)29(39)35(26(32)28(38)34-30(2,3)4)23(19-36)16-21-12-8-6-9-13-21/h6-15,20,23-26,36H,16-19H2,1-5H3,(H,33,37)(H,34,38)/t20?,23-,24+,25+,26?,31-,32?/m1/s1. The summed E-state index contributed by atoms with van der Waals surface area (Å²) in [5, 5.41) is 16.7. The molecule has 8 nitrogen and oxygen atoms in total. The van der Waals surface area contributed by atoms with Crippen molar-refractivity contribution >= 4 is 17.7 Å². The third-order valence-corrected chi connectivity index (χ3v) is 9.01. The molecule has 0 aliphatic carbocycles. The van der Waals surface area contributed by atoms with Crippen molar-refractivity contribution < 1.29 is 24.2 Å². The van der Waals surface area contributed by atoms with Crippen LogP contribution in [-0.2, 0) is 32.1 Å². The van der Waals surface area contributed by atoms with Crippen molar-refractivity contribution in [3.05, 3.63) is 71.8 Å². The number of hydrogen-bond acceptors (Lipinski definition) is 5. The molecule has 3 unspecified atom stereocenters. The lowest BCUT2D eigenvalue weighted by Crippen LogP contribution is -2.60. The monoisotopic (exact) mass is 547 g/mol. The smallest absolute Gasteiger partial charge is 0.246 e. The van der Waals surface area contributed by atoms with Gasteiger partial charge in [0.15, 0.2) is 0 Å². The van der Waals surface area contributed by atoms with Crippen LogP contribution in [0.1, 0.15) is 52.2 Å². The minimum atomic E-state index is -1.17. The Bertz CT molecular complexity index is 1260. The second kappa shape index (κ2) is 10.3. The fourth-order valence-corrected chi connectivity index (χ4v) is 7.24. The molecule has 3 N–H and O–H groups in total. The highest BCUT2D eigenvalue weighted by Crippen LogP contribution is 2.65. The maximum Gasteiger partial charge on any atom is 0.246 e. The minimum Gasteiger partial charge on any atom is -0.394 e. The zero-order valence-electron chi connectivity index (χ0n) is 24.0. The van der Waals surface area contributed by atoms with Gasteiger partial charge < -0.3 is 25.4 Å². The van der Waals surface area contributed by atoms with Gasteiger partial charge in [-0.15, -0.1) is 0 Å². The first-order valence-corrected chi connectivity index (χ1v) is 14.2. The Labute approximate surface area is 236 Å². The molecule has 8 heteroatoms. The third-order valence-electron chi connectivity index (χ3n) is 9.01. The van der Waals surface area contributed by atoms with Crippen LogP contribution < -0.4 is 10.6 Å². The van der Waals surface area contributed by atoms with Gasteiger partial charge in [-0.1, -0.05) is 67.6 Å². The highest BCUT2D eigenvalue weighted by atomic mass is 16.5. The van der Waals surface area contributed by atoms with Crippen LogP contribution in [0.25, 0.3) is 0 Å². The number of aliphatic hydroxyl groups is 1. The van der Waals surface area contributed by atoms with Crippen molar-refractivity contribution in [3.8, 4) is 0 Å². The van der Waals surface area contributed by atoms with Crippen molar-refractivity contribution in [1.29, 1.82) is 0 Å². The molecule has 0 saturated carbocycles. The van der Waals surface area contributed by atoms with E-state index in [2.05, 4.69) is 10.6 Å². The minimum absolute atomic E-state index is 0.0596. The molecule has 0 radical (unpaired) electrons. The molecule has 214 valence electrons. The number of aliphatic hydroxyl groups excluding tert-OH is 1. The molecule has 1 spiro atoms. The Morgan fingerprint density at radius 3 is 2.23 bits per heavy atom. The molecule has 3 fully saturated rings. The first-order valence-electron chi connectivity index (χ1n) is 14.2. The molecular weight excluding hydrogens is 506 g/mol. The summed E-state index contributed by atoms with van der Waals surface area (Å²) in [6, 6.07) is 17.6. The fourth-order valence-electron chi connectivity index (χ4n) is 7.24. The Morgan fingerprint density at radius 1 is 1.05 bits per heavy atom. The van der Waals surface area contributed by atoms with Crippen LogP contribution in [0.15, 0.2) is 60.7 Å². The van der Waals surface area contributed by atoms with E-state index in [1.165, 1.54) is 4.90 Å². The number of nitrogens with zero attached hydrogens (tertiary/aromatic N) is 1. The number of fused-ring (bicyclic) bond motifs is 1. The van der Waals surface area contributed by atoms with Crippen molar-refractivity contribution in [3.63, 3.8) is 0 Å². The predicted molar refractivity (Wildman–Crippen MR) is 151 cm³/mol. The van der Waals surface area contributed by atoms with E-state index in [0.717, 1.165) is 11.1 Å². The van der Waals surface area contributed by atoms with Crippen molar-refractivity contribution in [2.75, 3.05) is 6.61 Å². The number of carbonyl (C=O) groups excluding carboxylic acids is 3. The van der Waals surface area contributed by atoms with Crippen LogP contribution in [0.3, 0.4) is 0 Å². The van der Waals surface area contributed by atoms with Gasteiger partial charge in [0, 0.05) is 12.1 Å². The molecule has 3 saturated heterocycles. The molecule has 40 heavy (non-hydrogen) atoms. The molecule has 2 aromatic rings. The number of carbonyl (C=O) groups is 3. The molecule has 3 aliphatic rings. The molecule has 0 aromatic heterocycles. The molecule has 5 rings (SSSR count). The summed E-state index contributed by atoms with van der Waals surface area (Å²) in [4.78, 5) is 43.9. The summed E-state index contributed by atoms with van der Waals surface area (Å²) in [5.41, 5.74) is -0.715. The normalized spacial score (nSPS) is 31.6. The zero-order valence-corrected chi connectivity index (χ0v) is 24.0. The largest absolute Gasteiger partial charge is 0.394 e. The Kier molecular flexibility index (Phi) is 7.29. The molecular formula is C32H41N3O5. The third kappa shape index (κ3) is 4.71. The number of likely N-dealkylation sites (tertiary alicyclic amines) is 1. The first-order chi connectivity index (χ1) is 18.9. The van der Waals surface area contributed by atoms with Crippen LogP contribution in [0.4, 0.5) is 0 Å². The van der Waals surface area contributed by atoms with Gasteiger partial charge in [-0.2, -0.15) is 0 Å². The number of nitrogens with one attached hydrogen (secondary N) is 2. The van der Waals surface area contributed by atoms with Crippen molar-refractivity contribution in [2.45, 2.75) is 82.8 Å². The van der Waals surface area contributed by atoms with E-state index in [4.69, 9.17) is 4.74 Å². The summed E-state index contributed by atoms with van der Waals surface area (Å²) < 4.78 is 6.80. The van der Waals surface area contributed by atoms with Gasteiger partial charge >= 0.3 is 0 Å². The number of hydrogen-bond donors (Lipinski definition) is 3. The second-order valence-electron chi connectivity index (χ2n) is 12.9. The maximum atomic E-state index is 14.5. The second-order valence-corrected chi connectivity index (χ2v) is 12.9. The first kappa shape index (κ1) is 28.3. The summed E-state index contributed by atoms with van der Waals surface area (Å²) in [5.74, 6) is -2.53. The Balaban J connectivity index is 1.54. The van der Waals surface area contributed by atoms with Gasteiger partial charge in [-0.3, -0.25) is 14.4 Å².